The van der Waals surface area contributed by atoms with Crippen LogP contribution in [0.15, 0.2) is 18.2 Å². The van der Waals surface area contributed by atoms with Crippen LogP contribution in [0, 0.1) is 18.7 Å². The predicted octanol–water partition coefficient (Wildman–Crippen LogP) is 1.91. The number of aryl methyl sites for hydroxylation is 1. The van der Waals surface area contributed by atoms with Crippen LogP contribution in [0.25, 0.3) is 11.4 Å². The minimum Gasteiger partial charge on any atom is -0.330 e. The van der Waals surface area contributed by atoms with Gasteiger partial charge in [-0.15, -0.1) is 10.2 Å². The number of hydrogen-bond donors (Lipinski definition) is 1. The Labute approximate surface area is 111 Å². The van der Waals surface area contributed by atoms with Crippen molar-refractivity contribution in [3.63, 3.8) is 0 Å². The van der Waals surface area contributed by atoms with Gasteiger partial charge in [-0.25, -0.2) is 4.39 Å². The van der Waals surface area contributed by atoms with Gasteiger partial charge < -0.3 is 10.3 Å². The fourth-order valence-electron chi connectivity index (χ4n) is 2.61. The van der Waals surface area contributed by atoms with Gasteiger partial charge in [-0.05, 0) is 37.4 Å². The maximum atomic E-state index is 14.2. The first-order chi connectivity index (χ1) is 9.20. The first-order valence-electron chi connectivity index (χ1n) is 6.58. The van der Waals surface area contributed by atoms with Crippen molar-refractivity contribution in [1.82, 2.24) is 14.8 Å². The van der Waals surface area contributed by atoms with Gasteiger partial charge in [0.05, 0.1) is 5.56 Å². The molecule has 0 saturated carbocycles. The Morgan fingerprint density at radius 2 is 2.26 bits per heavy atom. The number of rotatable bonds is 2. The normalized spacial score (nSPS) is 18.4. The smallest absolute Gasteiger partial charge is 0.166 e. The highest BCUT2D eigenvalue weighted by Crippen LogP contribution is 2.27. The van der Waals surface area contributed by atoms with Crippen LogP contribution >= 0.6 is 0 Å². The summed E-state index contributed by atoms with van der Waals surface area (Å²) in [6.45, 7) is 3.24. The Kier molecular flexibility index (Phi) is 3.06. The molecule has 0 saturated heterocycles. The topological polar surface area (TPSA) is 56.7 Å². The van der Waals surface area contributed by atoms with E-state index in [0.29, 0.717) is 29.4 Å². The van der Waals surface area contributed by atoms with Gasteiger partial charge in [0.2, 0.25) is 0 Å². The molecule has 1 unspecified atom stereocenters. The number of halogens is 1. The molecule has 1 aromatic heterocycles. The molecule has 4 nitrogen and oxygen atoms in total. The standard InChI is InChI=1S/C14H17FN4/c1-9-3-2-4-11(13(9)15)14-18-17-12-7-10(8-16)5-6-19(12)14/h2-4,10H,5-8,16H2,1H3. The first-order valence-corrected chi connectivity index (χ1v) is 6.58. The van der Waals surface area contributed by atoms with E-state index in [4.69, 9.17) is 5.73 Å². The second-order valence-electron chi connectivity index (χ2n) is 5.12. The monoisotopic (exact) mass is 260 g/mol. The largest absolute Gasteiger partial charge is 0.330 e. The molecule has 3 rings (SSSR count). The number of aromatic nitrogens is 3. The van der Waals surface area contributed by atoms with E-state index < -0.39 is 0 Å². The van der Waals surface area contributed by atoms with Crippen molar-refractivity contribution < 1.29 is 4.39 Å². The lowest BCUT2D eigenvalue weighted by Gasteiger charge is -2.22. The Balaban J connectivity index is 2.04. The Morgan fingerprint density at radius 1 is 1.42 bits per heavy atom. The molecule has 2 aromatic rings. The number of nitrogens with two attached hydrogens (primary N) is 1. The van der Waals surface area contributed by atoms with E-state index in [1.807, 2.05) is 10.6 Å². The van der Waals surface area contributed by atoms with Crippen LogP contribution in [0.4, 0.5) is 4.39 Å². The second kappa shape index (κ2) is 4.74. The molecular formula is C14H17FN4. The lowest BCUT2D eigenvalue weighted by Crippen LogP contribution is -2.25. The van der Waals surface area contributed by atoms with E-state index in [1.165, 1.54) is 0 Å². The third kappa shape index (κ3) is 2.04. The van der Waals surface area contributed by atoms with E-state index in [9.17, 15) is 4.39 Å². The van der Waals surface area contributed by atoms with Crippen molar-refractivity contribution in [2.24, 2.45) is 11.7 Å². The zero-order valence-corrected chi connectivity index (χ0v) is 10.9. The van der Waals surface area contributed by atoms with Gasteiger partial charge in [0.25, 0.3) is 0 Å². The summed E-state index contributed by atoms with van der Waals surface area (Å²) in [5.41, 5.74) is 6.87. The molecular weight excluding hydrogens is 243 g/mol. The maximum Gasteiger partial charge on any atom is 0.166 e. The summed E-state index contributed by atoms with van der Waals surface area (Å²) in [7, 11) is 0. The Bertz CT molecular complexity index is 605. The summed E-state index contributed by atoms with van der Waals surface area (Å²) in [5, 5.41) is 8.36. The lowest BCUT2D eigenvalue weighted by molar-refractivity contribution is 0.391. The molecule has 1 atom stereocenters. The van der Waals surface area contributed by atoms with Crippen molar-refractivity contribution in [2.45, 2.75) is 26.3 Å². The van der Waals surface area contributed by atoms with Gasteiger partial charge in [0, 0.05) is 13.0 Å². The molecule has 2 heterocycles. The summed E-state index contributed by atoms with van der Waals surface area (Å²) in [6, 6.07) is 5.37. The van der Waals surface area contributed by atoms with Gasteiger partial charge in [0.1, 0.15) is 11.6 Å². The van der Waals surface area contributed by atoms with Crippen molar-refractivity contribution in [2.75, 3.05) is 6.54 Å². The molecule has 0 bridgehead atoms. The average molecular weight is 260 g/mol. The van der Waals surface area contributed by atoms with Crippen molar-refractivity contribution in [3.8, 4) is 11.4 Å². The third-order valence-electron chi connectivity index (χ3n) is 3.83. The number of nitrogens with zero attached hydrogens (tertiary/aromatic N) is 3. The highest BCUT2D eigenvalue weighted by Gasteiger charge is 2.24. The molecule has 1 aliphatic heterocycles. The first kappa shape index (κ1) is 12.3. The van der Waals surface area contributed by atoms with Gasteiger partial charge in [-0.2, -0.15) is 0 Å². The van der Waals surface area contributed by atoms with Crippen molar-refractivity contribution in [3.05, 3.63) is 35.4 Å². The minimum absolute atomic E-state index is 0.210. The van der Waals surface area contributed by atoms with Gasteiger partial charge in [0.15, 0.2) is 5.82 Å². The summed E-state index contributed by atoms with van der Waals surface area (Å²) in [6.07, 6.45) is 1.83. The third-order valence-corrected chi connectivity index (χ3v) is 3.83. The van der Waals surface area contributed by atoms with Crippen LogP contribution in [0.2, 0.25) is 0 Å². The van der Waals surface area contributed by atoms with Gasteiger partial charge >= 0.3 is 0 Å². The molecule has 0 fully saturated rings. The summed E-state index contributed by atoms with van der Waals surface area (Å²) >= 11 is 0. The zero-order valence-electron chi connectivity index (χ0n) is 10.9. The Morgan fingerprint density at radius 3 is 3.05 bits per heavy atom. The van der Waals surface area contributed by atoms with Crippen molar-refractivity contribution in [1.29, 1.82) is 0 Å². The van der Waals surface area contributed by atoms with Gasteiger partial charge in [-0.3, -0.25) is 0 Å². The fraction of sp³-hybridized carbons (Fsp3) is 0.429. The number of benzene rings is 1. The summed E-state index contributed by atoms with van der Waals surface area (Å²) < 4.78 is 16.2. The molecule has 0 spiro atoms. The molecule has 0 radical (unpaired) electrons. The highest BCUT2D eigenvalue weighted by atomic mass is 19.1. The van der Waals surface area contributed by atoms with E-state index in [-0.39, 0.29) is 5.82 Å². The average Bonchev–Trinajstić information content (AvgIpc) is 2.84. The molecule has 5 heteroatoms. The second-order valence-corrected chi connectivity index (χ2v) is 5.12. The molecule has 0 amide bonds. The zero-order chi connectivity index (χ0) is 13.4. The number of hydrogen-bond acceptors (Lipinski definition) is 3. The van der Waals surface area contributed by atoms with Crippen LogP contribution < -0.4 is 5.73 Å². The molecule has 19 heavy (non-hydrogen) atoms. The Hall–Kier alpha value is -1.75. The van der Waals surface area contributed by atoms with E-state index >= 15 is 0 Å². The van der Waals surface area contributed by atoms with Crippen LogP contribution in [-0.2, 0) is 13.0 Å². The molecule has 0 aliphatic carbocycles. The van der Waals surface area contributed by atoms with Crippen LogP contribution in [0.1, 0.15) is 17.8 Å². The predicted molar refractivity (Wildman–Crippen MR) is 71.0 cm³/mol. The molecule has 100 valence electrons. The van der Waals surface area contributed by atoms with Crippen LogP contribution in [0.5, 0.6) is 0 Å². The number of fused-ring (bicyclic) bond motifs is 1. The lowest BCUT2D eigenvalue weighted by atomic mass is 9.98. The maximum absolute atomic E-state index is 14.2. The quantitative estimate of drug-likeness (QED) is 0.897. The minimum atomic E-state index is -0.210. The fourth-order valence-corrected chi connectivity index (χ4v) is 2.61. The van der Waals surface area contributed by atoms with Gasteiger partial charge in [-0.1, -0.05) is 12.1 Å². The van der Waals surface area contributed by atoms with E-state index in [1.54, 1.807) is 19.1 Å². The molecule has 1 aromatic carbocycles. The molecule has 2 N–H and O–H groups in total. The highest BCUT2D eigenvalue weighted by molar-refractivity contribution is 5.57. The summed E-state index contributed by atoms with van der Waals surface area (Å²) in [4.78, 5) is 0. The van der Waals surface area contributed by atoms with E-state index in [0.717, 1.165) is 25.2 Å². The van der Waals surface area contributed by atoms with Crippen molar-refractivity contribution >= 4 is 0 Å². The SMILES string of the molecule is Cc1cccc(-c2nnc3n2CCC(CN)C3)c1F. The van der Waals surface area contributed by atoms with E-state index in [2.05, 4.69) is 10.2 Å². The summed E-state index contributed by atoms with van der Waals surface area (Å²) in [5.74, 6) is 1.80. The van der Waals surface area contributed by atoms with Crippen LogP contribution in [-0.4, -0.2) is 21.3 Å². The van der Waals surface area contributed by atoms with Crippen LogP contribution in [0.3, 0.4) is 0 Å². The molecule has 1 aliphatic rings.